The fourth-order valence-electron chi connectivity index (χ4n) is 5.03. The number of rotatable bonds is 4. The van der Waals surface area contributed by atoms with Gasteiger partial charge in [0.05, 0.1) is 0 Å². The number of aromatic nitrogens is 2. The van der Waals surface area contributed by atoms with Crippen LogP contribution in [0.3, 0.4) is 0 Å². The van der Waals surface area contributed by atoms with Gasteiger partial charge in [-0.1, -0.05) is 42.5 Å². The van der Waals surface area contributed by atoms with Crippen molar-refractivity contribution in [1.82, 2.24) is 9.38 Å². The lowest BCUT2D eigenvalue weighted by Gasteiger charge is -2.39. The molecule has 0 radical (unpaired) electrons. The summed E-state index contributed by atoms with van der Waals surface area (Å²) in [5.41, 5.74) is 7.40. The molecule has 0 saturated carbocycles. The van der Waals surface area contributed by atoms with Gasteiger partial charge in [0.25, 0.3) is 0 Å². The summed E-state index contributed by atoms with van der Waals surface area (Å²) >= 11 is 0. The summed E-state index contributed by atoms with van der Waals surface area (Å²) in [6.07, 6.45) is 2.08. The summed E-state index contributed by atoms with van der Waals surface area (Å²) in [5.74, 6) is 0.830. The summed E-state index contributed by atoms with van der Waals surface area (Å²) < 4.78 is 9.27. The van der Waals surface area contributed by atoms with E-state index in [-0.39, 0.29) is 0 Å². The minimum atomic E-state index is -0.875. The average Bonchev–Trinajstić information content (AvgIpc) is 3.29. The molecule has 3 aromatic carbocycles. The van der Waals surface area contributed by atoms with Gasteiger partial charge in [-0.2, -0.15) is 0 Å². The van der Waals surface area contributed by atoms with Crippen molar-refractivity contribution in [2.24, 2.45) is 0 Å². The van der Waals surface area contributed by atoms with E-state index in [1.54, 1.807) is 0 Å². The minimum absolute atomic E-state index is 0.830. The van der Waals surface area contributed by atoms with Gasteiger partial charge in [0.2, 0.25) is 5.60 Å². The molecule has 3 heterocycles. The van der Waals surface area contributed by atoms with Crippen LogP contribution in [0.5, 0.6) is 5.75 Å². The van der Waals surface area contributed by atoms with Crippen molar-refractivity contribution in [2.75, 3.05) is 38.0 Å². The molecule has 6 rings (SSSR count). The van der Waals surface area contributed by atoms with Crippen LogP contribution in [0.25, 0.3) is 16.9 Å². The van der Waals surface area contributed by atoms with Gasteiger partial charge in [-0.05, 0) is 48.5 Å². The van der Waals surface area contributed by atoms with Crippen LogP contribution in [-0.4, -0.2) is 37.6 Å². The first-order valence-corrected chi connectivity index (χ1v) is 11.8. The van der Waals surface area contributed by atoms with Crippen LogP contribution >= 0.6 is 0 Å². The van der Waals surface area contributed by atoms with Crippen LogP contribution < -0.4 is 14.5 Å². The van der Waals surface area contributed by atoms with E-state index in [0.29, 0.717) is 0 Å². The Bertz CT molecular complexity index is 1460. The molecule has 0 aliphatic carbocycles. The van der Waals surface area contributed by atoms with Crippen LogP contribution in [0.1, 0.15) is 16.8 Å². The minimum Gasteiger partial charge on any atom is -0.471 e. The Kier molecular flexibility index (Phi) is 4.81. The molecule has 2 aromatic heterocycles. The highest BCUT2D eigenvalue weighted by Gasteiger charge is 2.47. The maximum Gasteiger partial charge on any atom is 0.201 e. The van der Waals surface area contributed by atoms with Crippen LogP contribution in [0.15, 0.2) is 97.2 Å². The van der Waals surface area contributed by atoms with E-state index < -0.39 is 5.60 Å². The summed E-state index contributed by atoms with van der Waals surface area (Å²) in [4.78, 5) is 9.32. The zero-order chi connectivity index (χ0) is 24.2. The predicted octanol–water partition coefficient (Wildman–Crippen LogP) is 5.82. The van der Waals surface area contributed by atoms with E-state index in [4.69, 9.17) is 9.72 Å². The number of fused-ring (bicyclic) bond motifs is 5. The summed E-state index contributed by atoms with van der Waals surface area (Å²) in [6.45, 7) is 0. The number of imidazole rings is 1. The molecule has 0 atom stereocenters. The highest BCUT2D eigenvalue weighted by molar-refractivity contribution is 5.78. The summed E-state index contributed by atoms with van der Waals surface area (Å²) in [5, 5.41) is 0. The normalized spacial score (nSPS) is 13.6. The summed E-state index contributed by atoms with van der Waals surface area (Å²) in [6, 6.07) is 31.6. The third kappa shape index (κ3) is 3.19. The van der Waals surface area contributed by atoms with E-state index in [0.717, 1.165) is 50.8 Å². The first kappa shape index (κ1) is 21.3. The molecule has 5 heteroatoms. The molecule has 0 unspecified atom stereocenters. The van der Waals surface area contributed by atoms with Crippen molar-refractivity contribution < 1.29 is 4.74 Å². The number of hydrogen-bond acceptors (Lipinski definition) is 4. The Hall–Kier alpha value is -4.25. The van der Waals surface area contributed by atoms with E-state index >= 15 is 0 Å². The first-order valence-electron chi connectivity index (χ1n) is 11.8. The number of benzene rings is 3. The van der Waals surface area contributed by atoms with Gasteiger partial charge in [0.1, 0.15) is 22.8 Å². The Morgan fingerprint density at radius 1 is 0.686 bits per heavy atom. The van der Waals surface area contributed by atoms with Crippen molar-refractivity contribution >= 4 is 17.0 Å². The van der Waals surface area contributed by atoms with Crippen LogP contribution in [0, 0.1) is 0 Å². The fourth-order valence-corrected chi connectivity index (χ4v) is 5.03. The monoisotopic (exact) mass is 460 g/mol. The van der Waals surface area contributed by atoms with Gasteiger partial charge in [-0.15, -0.1) is 0 Å². The number of para-hydroxylation sites is 1. The van der Waals surface area contributed by atoms with E-state index in [1.165, 1.54) is 0 Å². The van der Waals surface area contributed by atoms with Crippen LogP contribution in [0.2, 0.25) is 0 Å². The molecule has 0 N–H and O–H groups in total. The number of anilines is 2. The Labute approximate surface area is 205 Å². The molecule has 0 bridgehead atoms. The lowest BCUT2D eigenvalue weighted by Crippen LogP contribution is -2.40. The summed E-state index contributed by atoms with van der Waals surface area (Å²) in [7, 11) is 8.22. The molecule has 35 heavy (non-hydrogen) atoms. The molecule has 0 amide bonds. The Balaban J connectivity index is 1.71. The standard InChI is InChI=1S/C30H28N4O/c1-32(2)23-16-12-21(13-17-23)30(22-14-18-24(19-15-22)33(3)4)29-28(25-9-5-6-10-26(25)35-30)31-27-11-7-8-20-34(27)29/h5-20H,1-4H3. The van der Waals surface area contributed by atoms with E-state index in [9.17, 15) is 0 Å². The largest absolute Gasteiger partial charge is 0.471 e. The highest BCUT2D eigenvalue weighted by Crippen LogP contribution is 2.51. The number of nitrogens with zero attached hydrogens (tertiary/aromatic N) is 4. The number of hydrogen-bond donors (Lipinski definition) is 0. The SMILES string of the molecule is CN(C)c1ccc(C2(c3ccc(N(C)C)cc3)Oc3ccccc3-c3nc4ccccn4c32)cc1. The van der Waals surface area contributed by atoms with Crippen molar-refractivity contribution in [1.29, 1.82) is 0 Å². The van der Waals surface area contributed by atoms with Crippen molar-refractivity contribution in [3.8, 4) is 17.0 Å². The van der Waals surface area contributed by atoms with Crippen molar-refractivity contribution in [3.05, 3.63) is 114 Å². The zero-order valence-electron chi connectivity index (χ0n) is 20.4. The molecule has 174 valence electrons. The van der Waals surface area contributed by atoms with E-state index in [2.05, 4.69) is 109 Å². The van der Waals surface area contributed by atoms with Gasteiger partial charge < -0.3 is 14.5 Å². The molecule has 0 fully saturated rings. The topological polar surface area (TPSA) is 33.0 Å². The molecule has 5 nitrogen and oxygen atoms in total. The van der Waals surface area contributed by atoms with Gasteiger partial charge in [0, 0.05) is 62.5 Å². The highest BCUT2D eigenvalue weighted by atomic mass is 16.5. The molecular weight excluding hydrogens is 432 g/mol. The molecule has 1 aliphatic rings. The second-order valence-corrected chi connectivity index (χ2v) is 9.40. The number of ether oxygens (including phenoxy) is 1. The van der Waals surface area contributed by atoms with Crippen LogP contribution in [0.4, 0.5) is 11.4 Å². The molecule has 0 spiro atoms. The van der Waals surface area contributed by atoms with Crippen LogP contribution in [-0.2, 0) is 5.60 Å². The van der Waals surface area contributed by atoms with Crippen molar-refractivity contribution in [3.63, 3.8) is 0 Å². The zero-order valence-corrected chi connectivity index (χ0v) is 20.4. The second-order valence-electron chi connectivity index (χ2n) is 9.40. The molecule has 5 aromatic rings. The third-order valence-electron chi connectivity index (χ3n) is 6.85. The second kappa shape index (κ2) is 7.91. The Morgan fingerprint density at radius 2 is 1.26 bits per heavy atom. The number of pyridine rings is 1. The van der Waals surface area contributed by atoms with Gasteiger partial charge in [0.15, 0.2) is 0 Å². The van der Waals surface area contributed by atoms with Crippen molar-refractivity contribution in [2.45, 2.75) is 5.60 Å². The first-order chi connectivity index (χ1) is 17.0. The smallest absolute Gasteiger partial charge is 0.201 e. The average molecular weight is 461 g/mol. The Morgan fingerprint density at radius 3 is 1.86 bits per heavy atom. The lowest BCUT2D eigenvalue weighted by molar-refractivity contribution is 0.146. The third-order valence-corrected chi connectivity index (χ3v) is 6.85. The quantitative estimate of drug-likeness (QED) is 0.338. The maximum atomic E-state index is 7.10. The van der Waals surface area contributed by atoms with Gasteiger partial charge in [-0.3, -0.25) is 4.40 Å². The maximum absolute atomic E-state index is 7.10. The molecule has 1 aliphatic heterocycles. The fraction of sp³-hybridized carbons (Fsp3) is 0.167. The molecule has 0 saturated heterocycles. The van der Waals surface area contributed by atoms with E-state index in [1.807, 2.05) is 30.3 Å². The molecular formula is C30H28N4O. The van der Waals surface area contributed by atoms with Gasteiger partial charge >= 0.3 is 0 Å². The lowest BCUT2D eigenvalue weighted by atomic mass is 9.79. The predicted molar refractivity (Wildman–Crippen MR) is 143 cm³/mol. The van der Waals surface area contributed by atoms with Gasteiger partial charge in [-0.25, -0.2) is 4.98 Å².